The maximum absolute atomic E-state index is 12.2. The number of hydrogen-bond donors (Lipinski definition) is 1. The molecule has 0 aliphatic rings. The first-order valence-electron chi connectivity index (χ1n) is 8.62. The van der Waals surface area contributed by atoms with Crippen molar-refractivity contribution in [2.75, 3.05) is 27.2 Å². The van der Waals surface area contributed by atoms with Crippen LogP contribution in [0.4, 0.5) is 0 Å². The van der Waals surface area contributed by atoms with Crippen LogP contribution in [0.5, 0.6) is 0 Å². The molecule has 0 bridgehead atoms. The van der Waals surface area contributed by atoms with E-state index in [-0.39, 0.29) is 11.5 Å². The summed E-state index contributed by atoms with van der Waals surface area (Å²) in [6.07, 6.45) is 2.56. The summed E-state index contributed by atoms with van der Waals surface area (Å²) in [5, 5.41) is 13.2. The molecule has 0 aliphatic carbocycles. The molecule has 0 atom stereocenters. The lowest BCUT2D eigenvalue weighted by Gasteiger charge is -2.13. The first kappa shape index (κ1) is 18.8. The molecule has 2 rings (SSSR count). The van der Waals surface area contributed by atoms with E-state index in [2.05, 4.69) is 20.9 Å². The molecule has 0 saturated heterocycles. The highest BCUT2D eigenvalue weighted by molar-refractivity contribution is 6.04. The van der Waals surface area contributed by atoms with Crippen molar-refractivity contribution in [3.63, 3.8) is 0 Å². The Hall–Kier alpha value is -2.58. The van der Waals surface area contributed by atoms with E-state index in [0.717, 1.165) is 41.7 Å². The number of benzene rings is 1. The van der Waals surface area contributed by atoms with Gasteiger partial charge in [-0.3, -0.25) is 4.79 Å². The highest BCUT2D eigenvalue weighted by Crippen LogP contribution is 2.28. The summed E-state index contributed by atoms with van der Waals surface area (Å²) in [5.41, 5.74) is 3.28. The first-order valence-corrected chi connectivity index (χ1v) is 8.62. The topological polar surface area (TPSA) is 61.1 Å². The highest BCUT2D eigenvalue weighted by Gasteiger charge is 2.15. The zero-order chi connectivity index (χ0) is 18.4. The number of fused-ring (bicyclic) bond motifs is 1. The van der Waals surface area contributed by atoms with Gasteiger partial charge in [-0.1, -0.05) is 25.1 Å². The molecular weight excluding hydrogens is 312 g/mol. The van der Waals surface area contributed by atoms with Crippen LogP contribution in [-0.4, -0.2) is 42.6 Å². The summed E-state index contributed by atoms with van der Waals surface area (Å²) in [5.74, 6) is -0.311. The summed E-state index contributed by atoms with van der Waals surface area (Å²) < 4.78 is 2.25. The fourth-order valence-corrected chi connectivity index (χ4v) is 2.85. The second-order valence-corrected chi connectivity index (χ2v) is 6.40. The number of nitriles is 1. The number of rotatable bonds is 7. The van der Waals surface area contributed by atoms with Gasteiger partial charge in [0.15, 0.2) is 0 Å². The van der Waals surface area contributed by atoms with Crippen molar-refractivity contribution < 1.29 is 4.79 Å². The third-order valence-electron chi connectivity index (χ3n) is 4.24. The van der Waals surface area contributed by atoms with E-state index in [1.807, 2.05) is 52.2 Å². The van der Waals surface area contributed by atoms with Gasteiger partial charge in [-0.25, -0.2) is 0 Å². The van der Waals surface area contributed by atoms with E-state index < -0.39 is 0 Å². The Morgan fingerprint density at radius 3 is 2.72 bits per heavy atom. The van der Waals surface area contributed by atoms with E-state index in [0.29, 0.717) is 6.54 Å². The molecule has 0 aliphatic heterocycles. The lowest BCUT2D eigenvalue weighted by molar-refractivity contribution is -0.117. The van der Waals surface area contributed by atoms with Gasteiger partial charge in [0.05, 0.1) is 0 Å². The van der Waals surface area contributed by atoms with Crippen LogP contribution in [0.2, 0.25) is 0 Å². The Balaban J connectivity index is 2.50. The normalized spacial score (nSPS) is 11.8. The molecule has 25 heavy (non-hydrogen) atoms. The molecule has 0 radical (unpaired) electrons. The molecule has 0 spiro atoms. The number of carbonyl (C=O) groups excluding carboxylic acids is 1. The average Bonchev–Trinajstić information content (AvgIpc) is 2.87. The number of aromatic nitrogens is 1. The second-order valence-electron chi connectivity index (χ2n) is 6.40. The standard InChI is InChI=1S/C20H26N4O/c1-5-10-22-20(25)16(14-21)13-18-15(2)24(12-11-23(3)4)19-9-7-6-8-17(18)19/h6-9,13H,5,10-12H2,1-4H3,(H,22,25). The van der Waals surface area contributed by atoms with Gasteiger partial charge in [-0.2, -0.15) is 5.26 Å². The van der Waals surface area contributed by atoms with Crippen molar-refractivity contribution in [3.8, 4) is 6.07 Å². The van der Waals surface area contributed by atoms with E-state index in [9.17, 15) is 10.1 Å². The van der Waals surface area contributed by atoms with Gasteiger partial charge in [0.25, 0.3) is 5.91 Å². The number of carbonyl (C=O) groups is 1. The quantitative estimate of drug-likeness (QED) is 0.624. The summed E-state index contributed by atoms with van der Waals surface area (Å²) >= 11 is 0. The van der Waals surface area contributed by atoms with Crippen LogP contribution >= 0.6 is 0 Å². The van der Waals surface area contributed by atoms with Crippen LogP contribution < -0.4 is 5.32 Å². The number of para-hydroxylation sites is 1. The molecule has 1 amide bonds. The molecule has 0 saturated carbocycles. The Morgan fingerprint density at radius 1 is 1.36 bits per heavy atom. The fourth-order valence-electron chi connectivity index (χ4n) is 2.85. The Kier molecular flexibility index (Phi) is 6.37. The van der Waals surface area contributed by atoms with E-state index >= 15 is 0 Å². The molecule has 1 aromatic heterocycles. The van der Waals surface area contributed by atoms with Gasteiger partial charge in [-0.05, 0) is 39.6 Å². The summed E-state index contributed by atoms with van der Waals surface area (Å²) in [6, 6.07) is 10.2. The maximum Gasteiger partial charge on any atom is 0.261 e. The number of nitrogens with zero attached hydrogens (tertiary/aromatic N) is 3. The Bertz CT molecular complexity index is 824. The van der Waals surface area contributed by atoms with Gasteiger partial charge in [0.1, 0.15) is 11.6 Å². The van der Waals surface area contributed by atoms with Crippen LogP contribution in [0.15, 0.2) is 29.8 Å². The van der Waals surface area contributed by atoms with Crippen molar-refractivity contribution in [1.29, 1.82) is 5.26 Å². The summed E-state index contributed by atoms with van der Waals surface area (Å²) in [6.45, 7) is 6.38. The van der Waals surface area contributed by atoms with Crippen LogP contribution in [0.3, 0.4) is 0 Å². The van der Waals surface area contributed by atoms with E-state index in [1.165, 1.54) is 0 Å². The van der Waals surface area contributed by atoms with Crippen molar-refractivity contribution in [3.05, 3.63) is 41.1 Å². The van der Waals surface area contributed by atoms with Gasteiger partial charge < -0.3 is 14.8 Å². The fraction of sp³-hybridized carbons (Fsp3) is 0.400. The number of likely N-dealkylation sites (N-methyl/N-ethyl adjacent to an activating group) is 1. The zero-order valence-corrected chi connectivity index (χ0v) is 15.5. The largest absolute Gasteiger partial charge is 0.351 e. The predicted octanol–water partition coefficient (Wildman–Crippen LogP) is 2.94. The average molecular weight is 338 g/mol. The monoisotopic (exact) mass is 338 g/mol. The molecular formula is C20H26N4O. The predicted molar refractivity (Wildman–Crippen MR) is 102 cm³/mol. The molecule has 5 heteroatoms. The van der Waals surface area contributed by atoms with E-state index in [1.54, 1.807) is 6.08 Å². The number of hydrogen-bond acceptors (Lipinski definition) is 3. The van der Waals surface area contributed by atoms with Gasteiger partial charge in [-0.15, -0.1) is 0 Å². The van der Waals surface area contributed by atoms with Crippen molar-refractivity contribution in [2.45, 2.75) is 26.8 Å². The minimum atomic E-state index is -0.311. The second kappa shape index (κ2) is 8.50. The molecule has 132 valence electrons. The maximum atomic E-state index is 12.2. The van der Waals surface area contributed by atoms with Crippen LogP contribution in [0.1, 0.15) is 24.6 Å². The zero-order valence-electron chi connectivity index (χ0n) is 15.5. The van der Waals surface area contributed by atoms with Crippen molar-refractivity contribution in [2.24, 2.45) is 0 Å². The molecule has 1 N–H and O–H groups in total. The smallest absolute Gasteiger partial charge is 0.261 e. The molecule has 2 aromatic rings. The van der Waals surface area contributed by atoms with Crippen LogP contribution in [0, 0.1) is 18.3 Å². The Labute approximate surface area is 149 Å². The highest BCUT2D eigenvalue weighted by atomic mass is 16.1. The van der Waals surface area contributed by atoms with E-state index in [4.69, 9.17) is 0 Å². The molecule has 0 fully saturated rings. The lowest BCUT2D eigenvalue weighted by Crippen LogP contribution is -2.25. The summed E-state index contributed by atoms with van der Waals surface area (Å²) in [4.78, 5) is 14.3. The SMILES string of the molecule is CCCNC(=O)C(C#N)=Cc1c(C)n(CCN(C)C)c2ccccc12. The minimum absolute atomic E-state index is 0.145. The van der Waals surface area contributed by atoms with Gasteiger partial charge in [0, 0.05) is 41.8 Å². The lowest BCUT2D eigenvalue weighted by atomic mass is 10.1. The van der Waals surface area contributed by atoms with Crippen molar-refractivity contribution >= 4 is 22.9 Å². The molecule has 1 heterocycles. The molecule has 1 aromatic carbocycles. The molecule has 5 nitrogen and oxygen atoms in total. The number of nitrogens with one attached hydrogen (secondary N) is 1. The van der Waals surface area contributed by atoms with Crippen LogP contribution in [-0.2, 0) is 11.3 Å². The van der Waals surface area contributed by atoms with Crippen molar-refractivity contribution in [1.82, 2.24) is 14.8 Å². The van der Waals surface area contributed by atoms with Gasteiger partial charge >= 0.3 is 0 Å². The third-order valence-corrected chi connectivity index (χ3v) is 4.24. The van der Waals surface area contributed by atoms with Gasteiger partial charge in [0.2, 0.25) is 0 Å². The third kappa shape index (κ3) is 4.28. The number of amides is 1. The summed E-state index contributed by atoms with van der Waals surface area (Å²) in [7, 11) is 4.10. The Morgan fingerprint density at radius 2 is 2.08 bits per heavy atom. The minimum Gasteiger partial charge on any atom is -0.351 e. The molecule has 0 unspecified atom stereocenters. The first-order chi connectivity index (χ1) is 12.0. The van der Waals surface area contributed by atoms with Crippen LogP contribution in [0.25, 0.3) is 17.0 Å².